The van der Waals surface area contributed by atoms with Gasteiger partial charge in [0, 0.05) is 44.2 Å². The number of halogens is 1. The Hall–Kier alpha value is -6.65. The van der Waals surface area contributed by atoms with E-state index in [1.807, 2.05) is 66.7 Å². The number of hydrogen-bond donors (Lipinski definition) is 0. The van der Waals surface area contributed by atoms with Crippen molar-refractivity contribution in [3.63, 3.8) is 0 Å². The van der Waals surface area contributed by atoms with E-state index in [4.69, 9.17) is 14.7 Å². The summed E-state index contributed by atoms with van der Waals surface area (Å²) in [6, 6.07) is 54.6. The van der Waals surface area contributed by atoms with Gasteiger partial charge < -0.3 is 4.74 Å². The second-order valence-electron chi connectivity index (χ2n) is 14.7. The van der Waals surface area contributed by atoms with Crippen molar-refractivity contribution in [2.45, 2.75) is 24.9 Å². The zero-order chi connectivity index (χ0) is 36.4. The van der Waals surface area contributed by atoms with Crippen LogP contribution in [0.5, 0.6) is 5.75 Å². The van der Waals surface area contributed by atoms with Crippen LogP contribution in [0, 0.1) is 5.82 Å². The largest absolute Gasteiger partial charge is 0.472 e. The van der Waals surface area contributed by atoms with E-state index in [1.165, 1.54) is 34.4 Å². The molecule has 258 valence electrons. The maximum atomic E-state index is 14.6. The van der Waals surface area contributed by atoms with Gasteiger partial charge in [-0.2, -0.15) is 0 Å². The van der Waals surface area contributed by atoms with E-state index in [0.717, 1.165) is 61.3 Å². The van der Waals surface area contributed by atoms with Gasteiger partial charge in [-0.1, -0.05) is 159 Å². The molecule has 1 aromatic heterocycles. The lowest BCUT2D eigenvalue weighted by Crippen LogP contribution is -2.35. The summed E-state index contributed by atoms with van der Waals surface area (Å²) in [5, 5.41) is 2.19. The molecule has 3 nitrogen and oxygen atoms in total. The summed E-state index contributed by atoms with van der Waals surface area (Å²) in [5.74, 6) is 1.12. The Bertz CT molecular complexity index is 2720. The summed E-state index contributed by atoms with van der Waals surface area (Å²) < 4.78 is 22.0. The molecular weight excluding hydrogens is 664 g/mol. The average molecular weight is 699 g/mol. The molecule has 7 aromatic carbocycles. The van der Waals surface area contributed by atoms with E-state index < -0.39 is 5.60 Å². The number of benzene rings is 7. The van der Waals surface area contributed by atoms with Crippen molar-refractivity contribution in [2.24, 2.45) is 0 Å². The Kier molecular flexibility index (Phi) is 7.24. The molecule has 1 unspecified atom stereocenters. The van der Waals surface area contributed by atoms with Gasteiger partial charge in [-0.15, -0.1) is 0 Å². The van der Waals surface area contributed by atoms with Gasteiger partial charge in [0.2, 0.25) is 0 Å². The zero-order valence-electron chi connectivity index (χ0n) is 29.9. The normalized spacial score (nSPS) is 16.4. The molecule has 0 fully saturated rings. The Morgan fingerprint density at radius 1 is 0.556 bits per heavy atom. The minimum absolute atomic E-state index is 0.249. The molecular formula is C50H35FN2O. The first-order chi connectivity index (χ1) is 26.4. The molecule has 0 saturated carbocycles. The molecule has 1 aliphatic carbocycles. The Labute approximate surface area is 314 Å². The quantitative estimate of drug-likeness (QED) is 0.179. The third-order valence-electron chi connectivity index (χ3n) is 11.1. The smallest absolute Gasteiger partial charge is 0.178 e. The van der Waals surface area contributed by atoms with Crippen LogP contribution in [0.3, 0.4) is 0 Å². The van der Waals surface area contributed by atoms with Gasteiger partial charge in [-0.3, -0.25) is 0 Å². The number of aromatic nitrogens is 2. The van der Waals surface area contributed by atoms with Gasteiger partial charge >= 0.3 is 0 Å². The third-order valence-corrected chi connectivity index (χ3v) is 11.1. The molecule has 0 bridgehead atoms. The molecule has 1 aliphatic heterocycles. The molecule has 1 atom stereocenters. The van der Waals surface area contributed by atoms with Gasteiger partial charge in [-0.25, -0.2) is 14.4 Å². The van der Waals surface area contributed by atoms with Gasteiger partial charge in [0.05, 0.1) is 11.4 Å². The number of hydrogen-bond acceptors (Lipinski definition) is 3. The minimum Gasteiger partial charge on any atom is -0.472 e. The van der Waals surface area contributed by atoms with Crippen LogP contribution in [-0.4, -0.2) is 9.97 Å². The number of nitrogens with zero attached hydrogens (tertiary/aromatic N) is 2. The molecule has 10 rings (SSSR count). The first-order valence-electron chi connectivity index (χ1n) is 18.3. The van der Waals surface area contributed by atoms with E-state index in [1.54, 1.807) is 0 Å². The van der Waals surface area contributed by atoms with Crippen LogP contribution >= 0.6 is 0 Å². The van der Waals surface area contributed by atoms with Crippen LogP contribution in [0.15, 0.2) is 170 Å². The highest BCUT2D eigenvalue weighted by atomic mass is 19.1. The maximum Gasteiger partial charge on any atom is 0.178 e. The van der Waals surface area contributed by atoms with Crippen LogP contribution < -0.4 is 4.74 Å². The van der Waals surface area contributed by atoms with Crippen molar-refractivity contribution in [3.8, 4) is 50.8 Å². The molecule has 4 heteroatoms. The second-order valence-corrected chi connectivity index (χ2v) is 14.7. The maximum absolute atomic E-state index is 14.6. The fourth-order valence-electron chi connectivity index (χ4n) is 8.56. The third kappa shape index (κ3) is 4.94. The molecule has 0 radical (unpaired) electrons. The van der Waals surface area contributed by atoms with E-state index in [-0.39, 0.29) is 11.2 Å². The molecule has 0 spiro atoms. The molecule has 0 saturated heterocycles. The zero-order valence-corrected chi connectivity index (χ0v) is 29.9. The van der Waals surface area contributed by atoms with Gasteiger partial charge in [0.25, 0.3) is 0 Å². The lowest BCUT2D eigenvalue weighted by Gasteiger charge is -2.38. The van der Waals surface area contributed by atoms with Crippen molar-refractivity contribution in [1.82, 2.24) is 9.97 Å². The summed E-state index contributed by atoms with van der Waals surface area (Å²) in [7, 11) is 0. The van der Waals surface area contributed by atoms with Crippen LogP contribution in [0.1, 0.15) is 41.7 Å². The van der Waals surface area contributed by atoms with Gasteiger partial charge in [0.15, 0.2) is 11.4 Å². The van der Waals surface area contributed by atoms with Crippen LogP contribution in [0.2, 0.25) is 0 Å². The lowest BCUT2D eigenvalue weighted by molar-refractivity contribution is 0.163. The standard InChI is InChI=1S/C50H35FN2O/c1-49(2)42-23-12-11-22-40(42)45-38-20-9-10-21-39(38)47-41(46(45)49)28-29-50(54-47,35-24-26-37(51)27-25-35)36-19-13-18-34(30-36)48-52-43(32-14-5-3-6-15-32)31-44(53-48)33-16-7-4-8-17-33/h3-31H,1-2H3. The number of rotatable bonds is 5. The Balaban J connectivity index is 1.19. The topological polar surface area (TPSA) is 35.0 Å². The van der Waals surface area contributed by atoms with E-state index in [0.29, 0.717) is 5.82 Å². The average Bonchev–Trinajstić information content (AvgIpc) is 3.48. The van der Waals surface area contributed by atoms with Gasteiger partial charge in [-0.05, 0) is 58.0 Å². The van der Waals surface area contributed by atoms with Crippen LogP contribution in [0.4, 0.5) is 4.39 Å². The summed E-state index contributed by atoms with van der Waals surface area (Å²) in [5.41, 5.74) is 11.1. The molecule has 0 N–H and O–H groups in total. The molecule has 2 heterocycles. The summed E-state index contributed by atoms with van der Waals surface area (Å²) in [4.78, 5) is 10.3. The molecule has 2 aliphatic rings. The van der Waals surface area contributed by atoms with Gasteiger partial charge in [0.1, 0.15) is 11.6 Å². The summed E-state index contributed by atoms with van der Waals surface area (Å²) in [6.07, 6.45) is 4.38. The first-order valence-corrected chi connectivity index (χ1v) is 18.3. The number of ether oxygens (including phenoxy) is 1. The molecule has 0 amide bonds. The fraction of sp³-hybridized carbons (Fsp3) is 0.0800. The SMILES string of the molecule is CC1(C)c2ccccc2-c2c1c1c(c3ccccc23)OC(c2ccc(F)cc2)(c2cccc(-c3nc(-c4ccccc4)cc(-c4ccccc4)n3)c2)C=C1. The first kappa shape index (κ1) is 32.0. The minimum atomic E-state index is -1.08. The lowest BCUT2D eigenvalue weighted by atomic mass is 9.76. The van der Waals surface area contributed by atoms with Crippen molar-refractivity contribution in [3.05, 3.63) is 204 Å². The predicted octanol–water partition coefficient (Wildman–Crippen LogP) is 12.4. The highest BCUT2D eigenvalue weighted by molar-refractivity contribution is 6.08. The number of fused-ring (bicyclic) bond motifs is 8. The van der Waals surface area contributed by atoms with Crippen molar-refractivity contribution < 1.29 is 9.13 Å². The van der Waals surface area contributed by atoms with E-state index >= 15 is 0 Å². The highest BCUT2D eigenvalue weighted by Gasteiger charge is 2.44. The summed E-state index contributed by atoms with van der Waals surface area (Å²) in [6.45, 7) is 4.61. The summed E-state index contributed by atoms with van der Waals surface area (Å²) >= 11 is 0. The Morgan fingerprint density at radius 2 is 1.17 bits per heavy atom. The predicted molar refractivity (Wildman–Crippen MR) is 217 cm³/mol. The van der Waals surface area contributed by atoms with E-state index in [2.05, 4.69) is 111 Å². The van der Waals surface area contributed by atoms with E-state index in [9.17, 15) is 4.39 Å². The van der Waals surface area contributed by atoms with Crippen molar-refractivity contribution in [2.75, 3.05) is 0 Å². The molecule has 54 heavy (non-hydrogen) atoms. The molecule has 8 aromatic rings. The van der Waals surface area contributed by atoms with Crippen molar-refractivity contribution in [1.29, 1.82) is 0 Å². The fourth-order valence-corrected chi connectivity index (χ4v) is 8.56. The Morgan fingerprint density at radius 3 is 1.87 bits per heavy atom. The van der Waals surface area contributed by atoms with Crippen molar-refractivity contribution >= 4 is 16.8 Å². The highest BCUT2D eigenvalue weighted by Crippen LogP contribution is 2.58. The van der Waals surface area contributed by atoms with Crippen LogP contribution in [0.25, 0.3) is 61.9 Å². The monoisotopic (exact) mass is 698 g/mol. The second kappa shape index (κ2) is 12.2. The van der Waals surface area contributed by atoms with Crippen LogP contribution in [-0.2, 0) is 11.0 Å².